The molecule has 5 nitrogen and oxygen atoms in total. The molecule has 1 aromatic carbocycles. The largest absolute Gasteiger partial charge is 0.350 e. The average Bonchev–Trinajstić information content (AvgIpc) is 2.48. The van der Waals surface area contributed by atoms with Crippen LogP contribution in [-0.2, 0) is 0 Å². The van der Waals surface area contributed by atoms with Gasteiger partial charge in [0.2, 0.25) is 5.95 Å². The van der Waals surface area contributed by atoms with Crippen molar-refractivity contribution in [2.75, 3.05) is 11.9 Å². The first kappa shape index (κ1) is 17.5. The zero-order chi connectivity index (χ0) is 17.0. The Kier molecular flexibility index (Phi) is 5.80. The highest BCUT2D eigenvalue weighted by atomic mass is 35.5. The van der Waals surface area contributed by atoms with Crippen LogP contribution < -0.4 is 10.6 Å². The van der Waals surface area contributed by atoms with Crippen molar-refractivity contribution in [1.82, 2.24) is 15.3 Å². The Morgan fingerprint density at radius 2 is 1.91 bits per heavy atom. The molecule has 0 atom stereocenters. The molecule has 2 N–H and O–H groups in total. The van der Waals surface area contributed by atoms with Crippen LogP contribution in [-0.4, -0.2) is 22.4 Å². The van der Waals surface area contributed by atoms with Crippen molar-refractivity contribution >= 4 is 40.7 Å². The Labute approximate surface area is 145 Å². The smallest absolute Gasteiger partial charge is 0.270 e. The summed E-state index contributed by atoms with van der Waals surface area (Å²) < 4.78 is 0. The number of hydrogen-bond donors (Lipinski definition) is 2. The van der Waals surface area contributed by atoms with Gasteiger partial charge >= 0.3 is 0 Å². The van der Waals surface area contributed by atoms with Gasteiger partial charge in [0.1, 0.15) is 5.69 Å². The molecular formula is C16H18Cl2N4O. The summed E-state index contributed by atoms with van der Waals surface area (Å²) >= 11 is 11.9. The van der Waals surface area contributed by atoms with Gasteiger partial charge in [0.15, 0.2) is 0 Å². The predicted octanol–water partition coefficient (Wildman–Crippen LogP) is 4.22. The second-order valence-electron chi connectivity index (χ2n) is 5.58. The van der Waals surface area contributed by atoms with Gasteiger partial charge in [-0.2, -0.15) is 0 Å². The first-order valence-corrected chi connectivity index (χ1v) is 7.96. The number of aryl methyl sites for hydroxylation is 1. The van der Waals surface area contributed by atoms with Crippen molar-refractivity contribution < 1.29 is 4.79 Å². The summed E-state index contributed by atoms with van der Waals surface area (Å²) in [5.41, 5.74) is 1.71. The van der Waals surface area contributed by atoms with Gasteiger partial charge in [0.25, 0.3) is 5.91 Å². The summed E-state index contributed by atoms with van der Waals surface area (Å²) in [5, 5.41) is 6.76. The highest BCUT2D eigenvalue weighted by molar-refractivity contribution is 6.42. The third kappa shape index (κ3) is 5.08. The normalized spacial score (nSPS) is 10.7. The molecule has 0 aliphatic rings. The molecule has 2 rings (SSSR count). The lowest BCUT2D eigenvalue weighted by atomic mass is 10.2. The number of nitrogens with zero attached hydrogens (tertiary/aromatic N) is 2. The number of benzene rings is 1. The fourth-order valence-corrected chi connectivity index (χ4v) is 2.13. The van der Waals surface area contributed by atoms with E-state index < -0.39 is 0 Å². The minimum absolute atomic E-state index is 0.221. The van der Waals surface area contributed by atoms with Gasteiger partial charge in [-0.3, -0.25) is 4.79 Å². The molecule has 0 saturated heterocycles. The topological polar surface area (TPSA) is 66.9 Å². The van der Waals surface area contributed by atoms with Crippen LogP contribution in [0.4, 0.5) is 11.6 Å². The molecule has 0 saturated carbocycles. The predicted molar refractivity (Wildman–Crippen MR) is 93.7 cm³/mol. The maximum Gasteiger partial charge on any atom is 0.270 e. The van der Waals surface area contributed by atoms with E-state index in [4.69, 9.17) is 23.2 Å². The minimum atomic E-state index is -0.221. The summed E-state index contributed by atoms with van der Waals surface area (Å²) in [6, 6.07) is 6.76. The first-order chi connectivity index (χ1) is 10.8. The number of nitrogens with one attached hydrogen (secondary N) is 2. The molecule has 122 valence electrons. The highest BCUT2D eigenvalue weighted by Gasteiger charge is 2.11. The molecule has 0 unspecified atom stereocenters. The number of carbonyl (C=O) groups excluding carboxylic acids is 1. The molecule has 1 aromatic heterocycles. The quantitative estimate of drug-likeness (QED) is 0.845. The zero-order valence-electron chi connectivity index (χ0n) is 13.2. The van der Waals surface area contributed by atoms with Crippen LogP contribution in [0, 0.1) is 12.8 Å². The Bertz CT molecular complexity index is 719. The lowest BCUT2D eigenvalue weighted by Gasteiger charge is -2.10. The second-order valence-corrected chi connectivity index (χ2v) is 6.39. The minimum Gasteiger partial charge on any atom is -0.350 e. The van der Waals surface area contributed by atoms with E-state index >= 15 is 0 Å². The summed E-state index contributed by atoms with van der Waals surface area (Å²) in [6.07, 6.45) is 0. The van der Waals surface area contributed by atoms with Crippen molar-refractivity contribution in [2.24, 2.45) is 5.92 Å². The van der Waals surface area contributed by atoms with Crippen LogP contribution in [0.3, 0.4) is 0 Å². The number of carbonyl (C=O) groups is 1. The monoisotopic (exact) mass is 352 g/mol. The molecule has 2 aromatic rings. The summed E-state index contributed by atoms with van der Waals surface area (Å²) in [5.74, 6) is 0.482. The van der Waals surface area contributed by atoms with E-state index in [1.165, 1.54) is 0 Å². The van der Waals surface area contributed by atoms with E-state index in [2.05, 4.69) is 20.6 Å². The third-order valence-corrected chi connectivity index (χ3v) is 3.67. The SMILES string of the molecule is Cc1cc(C(=O)NCC(C)C)nc(Nc2ccc(Cl)c(Cl)c2)n1. The Morgan fingerprint density at radius 3 is 2.57 bits per heavy atom. The van der Waals surface area contributed by atoms with Gasteiger partial charge in [-0.05, 0) is 37.1 Å². The van der Waals surface area contributed by atoms with Gasteiger partial charge in [-0.1, -0.05) is 37.0 Å². The van der Waals surface area contributed by atoms with Gasteiger partial charge < -0.3 is 10.6 Å². The molecular weight excluding hydrogens is 335 g/mol. The molecule has 0 radical (unpaired) electrons. The van der Waals surface area contributed by atoms with Crippen molar-refractivity contribution in [3.63, 3.8) is 0 Å². The summed E-state index contributed by atoms with van der Waals surface area (Å²) in [4.78, 5) is 20.7. The molecule has 0 spiro atoms. The van der Waals surface area contributed by atoms with Gasteiger partial charge in [-0.15, -0.1) is 0 Å². The Balaban J connectivity index is 2.19. The molecule has 0 fully saturated rings. The lowest BCUT2D eigenvalue weighted by Crippen LogP contribution is -2.28. The first-order valence-electron chi connectivity index (χ1n) is 7.21. The fourth-order valence-electron chi connectivity index (χ4n) is 1.83. The summed E-state index contributed by atoms with van der Waals surface area (Å²) in [6.45, 7) is 6.46. The number of anilines is 2. The summed E-state index contributed by atoms with van der Waals surface area (Å²) in [7, 11) is 0. The zero-order valence-corrected chi connectivity index (χ0v) is 14.7. The van der Waals surface area contributed by atoms with E-state index in [0.29, 0.717) is 45.5 Å². The van der Waals surface area contributed by atoms with E-state index in [1.807, 2.05) is 13.8 Å². The Hall–Kier alpha value is -1.85. The van der Waals surface area contributed by atoms with Crippen molar-refractivity contribution in [3.8, 4) is 0 Å². The van der Waals surface area contributed by atoms with Crippen molar-refractivity contribution in [3.05, 3.63) is 45.7 Å². The van der Waals surface area contributed by atoms with Crippen molar-refractivity contribution in [1.29, 1.82) is 0 Å². The number of aromatic nitrogens is 2. The van der Waals surface area contributed by atoms with E-state index in [-0.39, 0.29) is 5.91 Å². The lowest BCUT2D eigenvalue weighted by molar-refractivity contribution is 0.0944. The van der Waals surface area contributed by atoms with E-state index in [1.54, 1.807) is 31.2 Å². The number of hydrogen-bond acceptors (Lipinski definition) is 4. The highest BCUT2D eigenvalue weighted by Crippen LogP contribution is 2.26. The average molecular weight is 353 g/mol. The second kappa shape index (κ2) is 7.62. The molecule has 1 heterocycles. The van der Waals surface area contributed by atoms with Crippen LogP contribution in [0.5, 0.6) is 0 Å². The van der Waals surface area contributed by atoms with Crippen LogP contribution in [0.1, 0.15) is 30.0 Å². The van der Waals surface area contributed by atoms with Crippen molar-refractivity contribution in [2.45, 2.75) is 20.8 Å². The fraction of sp³-hybridized carbons (Fsp3) is 0.312. The number of rotatable bonds is 5. The van der Waals surface area contributed by atoms with Crippen LogP contribution in [0.25, 0.3) is 0 Å². The number of amides is 1. The van der Waals surface area contributed by atoms with E-state index in [0.717, 1.165) is 0 Å². The Morgan fingerprint density at radius 1 is 1.17 bits per heavy atom. The maximum atomic E-state index is 12.1. The molecule has 23 heavy (non-hydrogen) atoms. The van der Waals surface area contributed by atoms with Crippen LogP contribution in [0.2, 0.25) is 10.0 Å². The van der Waals surface area contributed by atoms with Crippen LogP contribution in [0.15, 0.2) is 24.3 Å². The standard InChI is InChI=1S/C16H18Cl2N4O/c1-9(2)8-19-15(23)14-6-10(3)20-16(22-14)21-11-4-5-12(17)13(18)7-11/h4-7,9H,8H2,1-3H3,(H,19,23)(H,20,21,22). The number of halogens is 2. The molecule has 0 aliphatic heterocycles. The van der Waals surface area contributed by atoms with Crippen LogP contribution >= 0.6 is 23.2 Å². The molecule has 1 amide bonds. The van der Waals surface area contributed by atoms with E-state index in [9.17, 15) is 4.79 Å². The maximum absolute atomic E-state index is 12.1. The molecule has 7 heteroatoms. The molecule has 0 aliphatic carbocycles. The third-order valence-electron chi connectivity index (χ3n) is 2.93. The molecule has 0 bridgehead atoms. The van der Waals surface area contributed by atoms with Gasteiger partial charge in [-0.25, -0.2) is 9.97 Å². The van der Waals surface area contributed by atoms with Gasteiger partial charge in [0.05, 0.1) is 10.0 Å². The van der Waals surface area contributed by atoms with Gasteiger partial charge in [0, 0.05) is 17.9 Å².